The van der Waals surface area contributed by atoms with Crippen molar-refractivity contribution in [2.75, 3.05) is 13.7 Å². The van der Waals surface area contributed by atoms with Gasteiger partial charge in [-0.1, -0.05) is 12.1 Å². The second-order valence-electron chi connectivity index (χ2n) is 4.44. The molecule has 0 bridgehead atoms. The number of hydrogen-bond donors (Lipinski definition) is 2. The van der Waals surface area contributed by atoms with E-state index < -0.39 is 4.92 Å². The molecule has 1 rings (SSSR count). The number of methoxy groups -OCH3 is 1. The number of amides is 1. The molecule has 0 saturated carbocycles. The fourth-order valence-corrected chi connectivity index (χ4v) is 1.76. The van der Waals surface area contributed by atoms with Crippen LogP contribution in [0.1, 0.15) is 24.9 Å². The van der Waals surface area contributed by atoms with Gasteiger partial charge >= 0.3 is 0 Å². The van der Waals surface area contributed by atoms with Crippen LogP contribution in [0.2, 0.25) is 0 Å². The van der Waals surface area contributed by atoms with Crippen molar-refractivity contribution in [2.45, 2.75) is 25.5 Å². The summed E-state index contributed by atoms with van der Waals surface area (Å²) in [5.74, 6) is -0.207. The second kappa shape index (κ2) is 9.28. The average Bonchev–Trinajstić information content (AvgIpc) is 2.44. The van der Waals surface area contributed by atoms with Crippen molar-refractivity contribution in [2.24, 2.45) is 5.73 Å². The number of carbonyl (C=O) groups excluding carboxylic acids is 1. The van der Waals surface area contributed by atoms with E-state index in [9.17, 15) is 14.9 Å². The summed E-state index contributed by atoms with van der Waals surface area (Å²) in [6.45, 7) is 2.02. The largest absolute Gasteiger partial charge is 0.380 e. The van der Waals surface area contributed by atoms with E-state index in [4.69, 9.17) is 10.5 Å². The molecule has 0 heterocycles. The van der Waals surface area contributed by atoms with Crippen LogP contribution in [0, 0.1) is 10.1 Å². The Bertz CT molecular complexity index is 480. The Kier molecular flexibility index (Phi) is 8.52. The Hall–Kier alpha value is -1.70. The number of nitro groups is 1. The van der Waals surface area contributed by atoms with Gasteiger partial charge in [0, 0.05) is 25.8 Å². The molecule has 0 aliphatic carbocycles. The van der Waals surface area contributed by atoms with Crippen molar-refractivity contribution < 1.29 is 14.5 Å². The first-order valence-corrected chi connectivity index (χ1v) is 6.24. The summed E-state index contributed by atoms with van der Waals surface area (Å²) in [7, 11) is 1.49. The molecule has 0 aromatic heterocycles. The molecule has 8 heteroatoms. The molecule has 2 atom stereocenters. The number of benzene rings is 1. The number of ether oxygens (including phenoxy) is 1. The van der Waals surface area contributed by atoms with Crippen LogP contribution in [0.3, 0.4) is 0 Å². The van der Waals surface area contributed by atoms with Crippen LogP contribution < -0.4 is 11.1 Å². The molecule has 0 aliphatic rings. The minimum absolute atomic E-state index is 0. The van der Waals surface area contributed by atoms with Gasteiger partial charge in [0.15, 0.2) is 0 Å². The maximum atomic E-state index is 11.8. The molecule has 0 fully saturated rings. The third kappa shape index (κ3) is 6.07. The highest BCUT2D eigenvalue weighted by Gasteiger charge is 2.16. The van der Waals surface area contributed by atoms with E-state index in [-0.39, 0.29) is 49.1 Å². The Morgan fingerprint density at radius 2 is 2.19 bits per heavy atom. The van der Waals surface area contributed by atoms with Gasteiger partial charge in [-0.05, 0) is 12.5 Å². The van der Waals surface area contributed by atoms with E-state index in [2.05, 4.69) is 5.32 Å². The third-order valence-corrected chi connectivity index (χ3v) is 2.97. The Morgan fingerprint density at radius 1 is 1.52 bits per heavy atom. The van der Waals surface area contributed by atoms with Crippen LogP contribution in [-0.4, -0.2) is 30.6 Å². The summed E-state index contributed by atoms with van der Waals surface area (Å²) in [5.41, 5.74) is 6.12. The molecule has 3 N–H and O–H groups in total. The number of nitrogens with zero attached hydrogens (tertiary/aromatic N) is 1. The van der Waals surface area contributed by atoms with Gasteiger partial charge in [-0.3, -0.25) is 14.9 Å². The molecule has 2 unspecified atom stereocenters. The minimum atomic E-state index is -0.465. The molecule has 21 heavy (non-hydrogen) atoms. The highest BCUT2D eigenvalue weighted by molar-refractivity contribution is 5.85. The predicted molar refractivity (Wildman–Crippen MR) is 81.4 cm³/mol. The zero-order valence-corrected chi connectivity index (χ0v) is 12.8. The van der Waals surface area contributed by atoms with Gasteiger partial charge in [-0.2, -0.15) is 0 Å². The minimum Gasteiger partial charge on any atom is -0.380 e. The molecule has 7 nitrogen and oxygen atoms in total. The monoisotopic (exact) mass is 317 g/mol. The molecule has 1 aromatic carbocycles. The van der Waals surface area contributed by atoms with Crippen molar-refractivity contribution in [3.05, 3.63) is 39.9 Å². The van der Waals surface area contributed by atoms with Crippen LogP contribution in [0.5, 0.6) is 0 Å². The van der Waals surface area contributed by atoms with Gasteiger partial charge in [-0.25, -0.2) is 0 Å². The molecule has 118 valence electrons. The molecule has 1 aromatic rings. The van der Waals surface area contributed by atoms with Crippen LogP contribution in [0.25, 0.3) is 0 Å². The van der Waals surface area contributed by atoms with Gasteiger partial charge < -0.3 is 15.8 Å². The van der Waals surface area contributed by atoms with Crippen LogP contribution in [0.15, 0.2) is 24.3 Å². The van der Waals surface area contributed by atoms with Gasteiger partial charge in [-0.15, -0.1) is 12.4 Å². The van der Waals surface area contributed by atoms with E-state index >= 15 is 0 Å². The molecule has 0 saturated heterocycles. The number of nitrogens with two attached hydrogens (primary N) is 1. The standard InChI is InChI=1S/C13H19N3O4.ClH/c1-9(15-13(17)7-12(8-14)20-2)10-4-3-5-11(6-10)16(18)19;/h3-6,9,12H,7-8,14H2,1-2H3,(H,15,17);1H. The molecular formula is C13H20ClN3O4. The smallest absolute Gasteiger partial charge is 0.269 e. The fraction of sp³-hybridized carbons (Fsp3) is 0.462. The van der Waals surface area contributed by atoms with Crippen molar-refractivity contribution >= 4 is 24.0 Å². The third-order valence-electron chi connectivity index (χ3n) is 2.97. The zero-order chi connectivity index (χ0) is 15.1. The highest BCUT2D eigenvalue weighted by atomic mass is 35.5. The van der Waals surface area contributed by atoms with Crippen molar-refractivity contribution in [3.8, 4) is 0 Å². The van der Waals surface area contributed by atoms with E-state index in [0.717, 1.165) is 0 Å². The van der Waals surface area contributed by atoms with E-state index in [1.54, 1.807) is 19.1 Å². The first-order chi connectivity index (χ1) is 9.47. The summed E-state index contributed by atoms with van der Waals surface area (Å²) in [6, 6.07) is 5.86. The van der Waals surface area contributed by atoms with Crippen molar-refractivity contribution in [3.63, 3.8) is 0 Å². The zero-order valence-electron chi connectivity index (χ0n) is 11.9. The Morgan fingerprint density at radius 3 is 2.71 bits per heavy atom. The summed E-state index contributed by atoms with van der Waals surface area (Å²) in [6.07, 6.45) is -0.168. The quantitative estimate of drug-likeness (QED) is 0.586. The molecule has 0 spiro atoms. The van der Waals surface area contributed by atoms with Gasteiger partial charge in [0.25, 0.3) is 5.69 Å². The van der Waals surface area contributed by atoms with Gasteiger partial charge in [0.2, 0.25) is 5.91 Å². The number of non-ortho nitro benzene ring substituents is 1. The normalized spacial score (nSPS) is 12.9. The Balaban J connectivity index is 0.00000400. The number of hydrogen-bond acceptors (Lipinski definition) is 5. The first-order valence-electron chi connectivity index (χ1n) is 6.24. The van der Waals surface area contributed by atoms with Crippen LogP contribution in [0.4, 0.5) is 5.69 Å². The van der Waals surface area contributed by atoms with Crippen LogP contribution >= 0.6 is 12.4 Å². The Labute approximate surface area is 129 Å². The maximum absolute atomic E-state index is 11.8. The first kappa shape index (κ1) is 19.3. The number of nitrogens with one attached hydrogen (secondary N) is 1. The van der Waals surface area contributed by atoms with Crippen molar-refractivity contribution in [1.82, 2.24) is 5.32 Å². The van der Waals surface area contributed by atoms with E-state index in [0.29, 0.717) is 5.56 Å². The van der Waals surface area contributed by atoms with Gasteiger partial charge in [0.1, 0.15) is 0 Å². The number of nitro benzene ring substituents is 1. The number of halogens is 1. The maximum Gasteiger partial charge on any atom is 0.269 e. The molecule has 0 radical (unpaired) electrons. The fourth-order valence-electron chi connectivity index (χ4n) is 1.76. The topological polar surface area (TPSA) is 107 Å². The van der Waals surface area contributed by atoms with Crippen molar-refractivity contribution in [1.29, 1.82) is 0 Å². The summed E-state index contributed by atoms with van der Waals surface area (Å²) in [4.78, 5) is 22.0. The lowest BCUT2D eigenvalue weighted by molar-refractivity contribution is -0.384. The lowest BCUT2D eigenvalue weighted by atomic mass is 10.1. The molecular weight excluding hydrogens is 298 g/mol. The lowest BCUT2D eigenvalue weighted by Gasteiger charge is -2.17. The molecule has 0 aliphatic heterocycles. The summed E-state index contributed by atoms with van der Waals surface area (Å²) in [5, 5.41) is 13.5. The number of carbonyl (C=O) groups is 1. The average molecular weight is 318 g/mol. The summed E-state index contributed by atoms with van der Waals surface area (Å²) < 4.78 is 5.03. The highest BCUT2D eigenvalue weighted by Crippen LogP contribution is 2.19. The van der Waals surface area contributed by atoms with Crippen LogP contribution in [-0.2, 0) is 9.53 Å². The molecule has 1 amide bonds. The SMILES string of the molecule is COC(CN)CC(=O)NC(C)c1cccc([N+](=O)[O-])c1.Cl. The predicted octanol–water partition coefficient (Wildman–Crippen LogP) is 1.56. The second-order valence-corrected chi connectivity index (χ2v) is 4.44. The lowest BCUT2D eigenvalue weighted by Crippen LogP contribution is -2.33. The van der Waals surface area contributed by atoms with E-state index in [1.165, 1.54) is 19.2 Å². The number of rotatable bonds is 7. The van der Waals surface area contributed by atoms with E-state index in [1.807, 2.05) is 0 Å². The van der Waals surface area contributed by atoms with Gasteiger partial charge in [0.05, 0.1) is 23.5 Å². The summed E-state index contributed by atoms with van der Waals surface area (Å²) >= 11 is 0.